The maximum atomic E-state index is 13.0. The van der Waals surface area contributed by atoms with Crippen LogP contribution >= 0.6 is 0 Å². The lowest BCUT2D eigenvalue weighted by Crippen LogP contribution is -2.32. The SMILES string of the molecule is Cc1noc2ncc(S(=O)(=O)N[C@H](c3nc(-c4cccnc4)no3)C(C)C)cc12. The fourth-order valence-electron chi connectivity index (χ4n) is 2.75. The van der Waals surface area contributed by atoms with Crippen LogP contribution in [0, 0.1) is 12.8 Å². The van der Waals surface area contributed by atoms with Crippen molar-refractivity contribution < 1.29 is 17.5 Å². The van der Waals surface area contributed by atoms with Crippen molar-refractivity contribution in [2.24, 2.45) is 5.92 Å². The zero-order valence-corrected chi connectivity index (χ0v) is 16.7. The number of aromatic nitrogens is 5. The van der Waals surface area contributed by atoms with E-state index in [9.17, 15) is 8.42 Å². The molecular formula is C18H18N6O4S. The zero-order valence-electron chi connectivity index (χ0n) is 15.9. The van der Waals surface area contributed by atoms with Crippen LogP contribution in [-0.2, 0) is 10.0 Å². The quantitative estimate of drug-likeness (QED) is 0.504. The number of sulfonamides is 1. The van der Waals surface area contributed by atoms with Crippen molar-refractivity contribution in [2.45, 2.75) is 31.7 Å². The summed E-state index contributed by atoms with van der Waals surface area (Å²) >= 11 is 0. The molecule has 0 fully saturated rings. The van der Waals surface area contributed by atoms with E-state index in [0.29, 0.717) is 22.5 Å². The maximum absolute atomic E-state index is 13.0. The minimum Gasteiger partial charge on any atom is -0.337 e. The molecule has 0 aliphatic carbocycles. The second-order valence-electron chi connectivity index (χ2n) is 6.83. The van der Waals surface area contributed by atoms with Crippen LogP contribution in [0.4, 0.5) is 0 Å². The third-order valence-corrected chi connectivity index (χ3v) is 5.78. The Bertz CT molecular complexity index is 1250. The van der Waals surface area contributed by atoms with Gasteiger partial charge in [-0.15, -0.1) is 0 Å². The van der Waals surface area contributed by atoms with Crippen LogP contribution in [0.3, 0.4) is 0 Å². The molecule has 0 aliphatic heterocycles. The molecule has 4 rings (SSSR count). The lowest BCUT2D eigenvalue weighted by molar-refractivity contribution is 0.311. The monoisotopic (exact) mass is 414 g/mol. The predicted molar refractivity (Wildman–Crippen MR) is 102 cm³/mol. The molecule has 0 unspecified atom stereocenters. The molecule has 29 heavy (non-hydrogen) atoms. The summed E-state index contributed by atoms with van der Waals surface area (Å²) in [7, 11) is -3.92. The van der Waals surface area contributed by atoms with Crippen molar-refractivity contribution in [2.75, 3.05) is 0 Å². The molecule has 0 aromatic carbocycles. The Morgan fingerprint density at radius 1 is 1.14 bits per heavy atom. The van der Waals surface area contributed by atoms with Crippen molar-refractivity contribution in [1.82, 2.24) is 30.0 Å². The van der Waals surface area contributed by atoms with E-state index in [0.717, 1.165) is 0 Å². The van der Waals surface area contributed by atoms with Crippen LogP contribution in [0.15, 0.2) is 50.7 Å². The summed E-state index contributed by atoms with van der Waals surface area (Å²) in [6.45, 7) is 5.42. The molecule has 0 spiro atoms. The number of rotatable bonds is 6. The fraction of sp³-hybridized carbons (Fsp3) is 0.278. The Labute approximate surface area is 166 Å². The van der Waals surface area contributed by atoms with Crippen LogP contribution in [0.25, 0.3) is 22.5 Å². The maximum Gasteiger partial charge on any atom is 0.257 e. The number of nitrogens with zero attached hydrogens (tertiary/aromatic N) is 5. The molecule has 4 aromatic rings. The number of aryl methyl sites for hydroxylation is 1. The normalized spacial score (nSPS) is 13.2. The Kier molecular flexibility index (Phi) is 4.84. The summed E-state index contributed by atoms with van der Waals surface area (Å²) in [5, 5.41) is 8.27. The average molecular weight is 414 g/mol. The van der Waals surface area contributed by atoms with Gasteiger partial charge >= 0.3 is 0 Å². The van der Waals surface area contributed by atoms with Gasteiger partial charge in [-0.25, -0.2) is 13.4 Å². The summed E-state index contributed by atoms with van der Waals surface area (Å²) in [5.74, 6) is 0.347. The highest BCUT2D eigenvalue weighted by Crippen LogP contribution is 2.26. The molecule has 0 aliphatic rings. The van der Waals surface area contributed by atoms with Crippen molar-refractivity contribution in [3.8, 4) is 11.4 Å². The van der Waals surface area contributed by atoms with Gasteiger partial charge in [-0.05, 0) is 31.0 Å². The predicted octanol–water partition coefficient (Wildman–Crippen LogP) is 2.65. The first kappa shape index (κ1) is 19.2. The molecule has 150 valence electrons. The molecule has 0 saturated carbocycles. The van der Waals surface area contributed by atoms with Gasteiger partial charge in [-0.1, -0.05) is 24.2 Å². The van der Waals surface area contributed by atoms with E-state index in [1.807, 2.05) is 13.8 Å². The van der Waals surface area contributed by atoms with E-state index in [1.165, 1.54) is 12.3 Å². The van der Waals surface area contributed by atoms with Crippen molar-refractivity contribution in [3.05, 3.63) is 48.4 Å². The summed E-state index contributed by atoms with van der Waals surface area (Å²) in [6.07, 6.45) is 4.46. The lowest BCUT2D eigenvalue weighted by Gasteiger charge is -2.18. The number of pyridine rings is 2. The molecule has 4 aromatic heterocycles. The van der Waals surface area contributed by atoms with Gasteiger partial charge in [0, 0.05) is 18.0 Å². The first-order valence-corrected chi connectivity index (χ1v) is 10.3. The Morgan fingerprint density at radius 2 is 1.97 bits per heavy atom. The molecule has 4 heterocycles. The van der Waals surface area contributed by atoms with E-state index < -0.39 is 16.1 Å². The highest BCUT2D eigenvalue weighted by molar-refractivity contribution is 7.89. The molecule has 0 amide bonds. The Hall–Kier alpha value is -3.18. The van der Waals surface area contributed by atoms with E-state index >= 15 is 0 Å². The lowest BCUT2D eigenvalue weighted by atomic mass is 10.1. The smallest absolute Gasteiger partial charge is 0.257 e. The molecule has 0 saturated heterocycles. The third-order valence-electron chi connectivity index (χ3n) is 4.37. The van der Waals surface area contributed by atoms with E-state index in [4.69, 9.17) is 9.05 Å². The van der Waals surface area contributed by atoms with Gasteiger partial charge in [-0.3, -0.25) is 4.98 Å². The van der Waals surface area contributed by atoms with E-state index in [-0.39, 0.29) is 22.4 Å². The molecular weight excluding hydrogens is 396 g/mol. The summed E-state index contributed by atoms with van der Waals surface area (Å²) in [4.78, 5) is 12.4. The number of fused-ring (bicyclic) bond motifs is 1. The van der Waals surface area contributed by atoms with Crippen LogP contribution in [0.1, 0.15) is 31.5 Å². The van der Waals surface area contributed by atoms with Crippen molar-refractivity contribution >= 4 is 21.1 Å². The van der Waals surface area contributed by atoms with Gasteiger partial charge < -0.3 is 9.05 Å². The second-order valence-corrected chi connectivity index (χ2v) is 8.55. The topological polar surface area (TPSA) is 137 Å². The van der Waals surface area contributed by atoms with Gasteiger partial charge in [0.05, 0.1) is 17.3 Å². The minimum atomic E-state index is -3.92. The summed E-state index contributed by atoms with van der Waals surface area (Å²) < 4.78 is 39.0. The average Bonchev–Trinajstić information content (AvgIpc) is 3.34. The zero-order chi connectivity index (χ0) is 20.6. The largest absolute Gasteiger partial charge is 0.337 e. The van der Waals surface area contributed by atoms with Crippen LogP contribution < -0.4 is 4.72 Å². The minimum absolute atomic E-state index is 0.00560. The molecule has 1 N–H and O–H groups in total. The molecule has 1 atom stereocenters. The molecule has 11 heteroatoms. The van der Waals surface area contributed by atoms with E-state index in [2.05, 4.69) is 30.0 Å². The summed E-state index contributed by atoms with van der Waals surface area (Å²) in [6, 6.07) is 4.29. The Morgan fingerprint density at radius 3 is 2.69 bits per heavy atom. The standard InChI is InChI=1S/C18H18N6O4S/c1-10(2)15(18-21-16(23-28-18)12-5-4-6-19-8-12)24-29(25,26)13-7-14-11(3)22-27-17(14)20-9-13/h4-10,15,24H,1-3H3/t15-/m0/s1. The van der Waals surface area contributed by atoms with Gasteiger partial charge in [0.2, 0.25) is 21.7 Å². The highest BCUT2D eigenvalue weighted by atomic mass is 32.2. The number of nitrogens with one attached hydrogen (secondary N) is 1. The first-order chi connectivity index (χ1) is 13.8. The third kappa shape index (κ3) is 3.74. The van der Waals surface area contributed by atoms with Crippen molar-refractivity contribution in [3.63, 3.8) is 0 Å². The van der Waals surface area contributed by atoms with Crippen LogP contribution in [0.5, 0.6) is 0 Å². The molecule has 0 bridgehead atoms. The number of hydrogen-bond donors (Lipinski definition) is 1. The fourth-order valence-corrected chi connectivity index (χ4v) is 4.06. The summed E-state index contributed by atoms with van der Waals surface area (Å²) in [5.41, 5.74) is 1.51. The van der Waals surface area contributed by atoms with Gasteiger partial charge in [0.25, 0.3) is 5.71 Å². The molecule has 0 radical (unpaired) electrons. The Balaban J connectivity index is 1.65. The second kappa shape index (κ2) is 7.33. The van der Waals surface area contributed by atoms with Gasteiger partial charge in [0.15, 0.2) is 0 Å². The number of hydrogen-bond acceptors (Lipinski definition) is 9. The van der Waals surface area contributed by atoms with Crippen LogP contribution in [0.2, 0.25) is 0 Å². The molecule has 10 nitrogen and oxygen atoms in total. The van der Waals surface area contributed by atoms with Gasteiger partial charge in [0.1, 0.15) is 10.9 Å². The van der Waals surface area contributed by atoms with Crippen molar-refractivity contribution in [1.29, 1.82) is 0 Å². The highest BCUT2D eigenvalue weighted by Gasteiger charge is 2.29. The first-order valence-electron chi connectivity index (χ1n) is 8.83. The van der Waals surface area contributed by atoms with Gasteiger partial charge in [-0.2, -0.15) is 9.71 Å². The van der Waals surface area contributed by atoms with E-state index in [1.54, 1.807) is 31.5 Å². The van der Waals surface area contributed by atoms with Crippen LogP contribution in [-0.4, -0.2) is 33.7 Å².